The molecule has 12 N–H and O–H groups in total. The van der Waals surface area contributed by atoms with E-state index in [4.69, 9.17) is 27.4 Å². The quantitative estimate of drug-likeness (QED) is 0.0519. The lowest BCUT2D eigenvalue weighted by Crippen LogP contribution is -2.57. The lowest BCUT2D eigenvalue weighted by molar-refractivity contribution is -0.143. The maximum Gasteiger partial charge on any atom is 0.326 e. The summed E-state index contributed by atoms with van der Waals surface area (Å²) in [5.41, 5.74) is 15.9. The predicted molar refractivity (Wildman–Crippen MR) is 124 cm³/mol. The Bertz CT molecular complexity index is 748. The number of aliphatic imine (C=N–C) groups is 1. The van der Waals surface area contributed by atoms with E-state index < -0.39 is 66.9 Å². The van der Waals surface area contributed by atoms with Crippen molar-refractivity contribution in [1.82, 2.24) is 16.0 Å². The summed E-state index contributed by atoms with van der Waals surface area (Å²) in [6.45, 7) is -0.576. The maximum absolute atomic E-state index is 12.8. The topological polar surface area (TPSA) is 273 Å². The van der Waals surface area contributed by atoms with Crippen LogP contribution in [0.25, 0.3) is 0 Å². The Morgan fingerprint density at radius 3 is 1.97 bits per heavy atom. The summed E-state index contributed by atoms with van der Waals surface area (Å²) in [4.78, 5) is 63.8. The summed E-state index contributed by atoms with van der Waals surface area (Å²) in [5.74, 6) is -5.28. The number of carbonyl (C=O) groups is 5. The van der Waals surface area contributed by atoms with Gasteiger partial charge in [0.1, 0.15) is 24.2 Å². The second-order valence-electron chi connectivity index (χ2n) is 7.14. The van der Waals surface area contributed by atoms with Gasteiger partial charge in [-0.05, 0) is 31.3 Å². The van der Waals surface area contributed by atoms with E-state index in [0.717, 1.165) is 0 Å². The Morgan fingerprint density at radius 2 is 1.47 bits per heavy atom. The molecular weight excluding hydrogens is 474 g/mol. The molecule has 4 unspecified atom stereocenters. The average Bonchev–Trinajstić information content (AvgIpc) is 2.76. The van der Waals surface area contributed by atoms with E-state index in [-0.39, 0.29) is 31.8 Å². The number of hydrogen-bond donors (Lipinski definition) is 9. The number of amides is 3. The molecule has 0 rings (SSSR count). The van der Waals surface area contributed by atoms with E-state index >= 15 is 0 Å². The number of guanidine groups is 1. The van der Waals surface area contributed by atoms with Gasteiger partial charge in [0.15, 0.2) is 5.96 Å². The Labute approximate surface area is 200 Å². The number of aliphatic hydroxyl groups excluding tert-OH is 1. The van der Waals surface area contributed by atoms with Crippen molar-refractivity contribution in [2.45, 2.75) is 49.9 Å². The van der Waals surface area contributed by atoms with Gasteiger partial charge in [-0.3, -0.25) is 24.2 Å². The van der Waals surface area contributed by atoms with Gasteiger partial charge in [-0.1, -0.05) is 0 Å². The molecule has 34 heavy (non-hydrogen) atoms. The fraction of sp³-hybridized carbons (Fsp3) is 0.667. The highest BCUT2D eigenvalue weighted by Gasteiger charge is 2.31. The number of nitrogens with zero attached hydrogens (tertiary/aromatic N) is 1. The lowest BCUT2D eigenvalue weighted by atomic mass is 10.1. The van der Waals surface area contributed by atoms with Crippen molar-refractivity contribution in [2.24, 2.45) is 22.2 Å². The van der Waals surface area contributed by atoms with Gasteiger partial charge in [-0.15, -0.1) is 0 Å². The van der Waals surface area contributed by atoms with Gasteiger partial charge in [-0.2, -0.15) is 11.8 Å². The molecule has 0 aliphatic heterocycles. The summed E-state index contributed by atoms with van der Waals surface area (Å²) in [7, 11) is 0. The third-order valence-electron chi connectivity index (χ3n) is 4.35. The zero-order valence-electron chi connectivity index (χ0n) is 18.7. The molecule has 0 aromatic rings. The number of hydrogen-bond acceptors (Lipinski definition) is 9. The second kappa shape index (κ2) is 16.5. The number of aliphatic hydroxyl groups is 1. The Morgan fingerprint density at radius 1 is 0.912 bits per heavy atom. The summed E-state index contributed by atoms with van der Waals surface area (Å²) < 4.78 is 0. The van der Waals surface area contributed by atoms with Gasteiger partial charge in [0.05, 0.1) is 13.0 Å². The standard InChI is InChI=1S/C18H33N7O8S/c1-34-6-4-11(17(32)33)24-16(31)12(7-13(27)28)25-15(30)10(3-2-5-22-18(20)21)23-14(29)9(19)8-26/h9-12,26H,2-8,19H2,1H3,(H,23,29)(H,24,31)(H,25,30)(H,27,28)(H,32,33)(H4,20,21,22). The second-order valence-corrected chi connectivity index (χ2v) is 8.12. The molecule has 0 aromatic heterocycles. The number of carboxylic acids is 2. The zero-order chi connectivity index (χ0) is 26.3. The minimum atomic E-state index is -1.62. The number of aliphatic carboxylic acids is 2. The fourth-order valence-corrected chi connectivity index (χ4v) is 3.03. The number of nitrogens with two attached hydrogens (primary N) is 3. The summed E-state index contributed by atoms with van der Waals surface area (Å²) >= 11 is 1.36. The number of carbonyl (C=O) groups excluding carboxylic acids is 3. The van der Waals surface area contributed by atoms with Crippen LogP contribution in [-0.4, -0.2) is 100 Å². The Kier molecular flexibility index (Phi) is 15.0. The van der Waals surface area contributed by atoms with Crippen LogP contribution in [0, 0.1) is 0 Å². The van der Waals surface area contributed by atoms with Crippen molar-refractivity contribution in [2.75, 3.05) is 25.2 Å². The molecule has 0 aliphatic rings. The van der Waals surface area contributed by atoms with E-state index in [1.54, 1.807) is 6.26 Å². The molecular formula is C18H33N7O8S. The third-order valence-corrected chi connectivity index (χ3v) is 4.99. The van der Waals surface area contributed by atoms with Crippen LogP contribution in [-0.2, 0) is 24.0 Å². The minimum Gasteiger partial charge on any atom is -0.481 e. The third kappa shape index (κ3) is 12.8. The van der Waals surface area contributed by atoms with Gasteiger partial charge in [0, 0.05) is 6.54 Å². The fourth-order valence-electron chi connectivity index (χ4n) is 2.56. The molecule has 16 heteroatoms. The van der Waals surface area contributed by atoms with Crippen LogP contribution in [0.3, 0.4) is 0 Å². The first-order chi connectivity index (χ1) is 15.9. The SMILES string of the molecule is CSCCC(NC(=O)C(CC(=O)O)NC(=O)C(CCCN=C(N)N)NC(=O)C(N)CO)C(=O)O. The Balaban J connectivity index is 5.51. The first-order valence-corrected chi connectivity index (χ1v) is 11.6. The van der Waals surface area contributed by atoms with Crippen molar-refractivity contribution >= 4 is 47.4 Å². The van der Waals surface area contributed by atoms with Crippen LogP contribution in [0.4, 0.5) is 0 Å². The molecule has 0 spiro atoms. The van der Waals surface area contributed by atoms with Crippen LogP contribution in [0.15, 0.2) is 4.99 Å². The summed E-state index contributed by atoms with van der Waals surface area (Å²) in [6.07, 6.45) is 1.20. The lowest BCUT2D eigenvalue weighted by Gasteiger charge is -2.24. The summed E-state index contributed by atoms with van der Waals surface area (Å²) in [6, 6.07) is -5.50. The molecule has 0 fully saturated rings. The van der Waals surface area contributed by atoms with E-state index in [1.807, 2.05) is 0 Å². The number of thioether (sulfide) groups is 1. The highest BCUT2D eigenvalue weighted by Crippen LogP contribution is 2.05. The van der Waals surface area contributed by atoms with Crippen molar-refractivity contribution in [3.8, 4) is 0 Å². The van der Waals surface area contributed by atoms with Gasteiger partial charge >= 0.3 is 11.9 Å². The molecule has 0 bridgehead atoms. The van der Waals surface area contributed by atoms with E-state index in [2.05, 4.69) is 20.9 Å². The smallest absolute Gasteiger partial charge is 0.326 e. The van der Waals surface area contributed by atoms with Gasteiger partial charge in [0.25, 0.3) is 0 Å². The largest absolute Gasteiger partial charge is 0.481 e. The Hall–Kier alpha value is -3.11. The first kappa shape index (κ1) is 30.9. The van der Waals surface area contributed by atoms with Crippen molar-refractivity contribution in [3.05, 3.63) is 0 Å². The van der Waals surface area contributed by atoms with Crippen molar-refractivity contribution in [1.29, 1.82) is 0 Å². The normalized spacial score (nSPS) is 14.1. The molecule has 0 saturated carbocycles. The van der Waals surface area contributed by atoms with Crippen LogP contribution >= 0.6 is 11.8 Å². The molecule has 0 radical (unpaired) electrons. The van der Waals surface area contributed by atoms with Gasteiger partial charge in [-0.25, -0.2) is 4.79 Å². The molecule has 0 aliphatic carbocycles. The molecule has 0 heterocycles. The monoisotopic (exact) mass is 507 g/mol. The van der Waals surface area contributed by atoms with Crippen LogP contribution in [0.1, 0.15) is 25.7 Å². The maximum atomic E-state index is 12.8. The van der Waals surface area contributed by atoms with Crippen LogP contribution in [0.5, 0.6) is 0 Å². The molecule has 4 atom stereocenters. The number of rotatable bonds is 17. The molecule has 0 aromatic carbocycles. The highest BCUT2D eigenvalue weighted by atomic mass is 32.2. The van der Waals surface area contributed by atoms with Crippen LogP contribution in [0.2, 0.25) is 0 Å². The zero-order valence-corrected chi connectivity index (χ0v) is 19.5. The average molecular weight is 508 g/mol. The molecule has 0 saturated heterocycles. The van der Waals surface area contributed by atoms with Gasteiger partial charge < -0.3 is 48.5 Å². The van der Waals surface area contributed by atoms with Crippen molar-refractivity contribution in [3.63, 3.8) is 0 Å². The van der Waals surface area contributed by atoms with Gasteiger partial charge in [0.2, 0.25) is 17.7 Å². The van der Waals surface area contributed by atoms with E-state index in [1.165, 1.54) is 11.8 Å². The molecule has 194 valence electrons. The van der Waals surface area contributed by atoms with Crippen LogP contribution < -0.4 is 33.2 Å². The molecule has 15 nitrogen and oxygen atoms in total. The minimum absolute atomic E-state index is 0.0145. The van der Waals surface area contributed by atoms with E-state index in [9.17, 15) is 29.1 Å². The number of nitrogens with one attached hydrogen (secondary N) is 3. The van der Waals surface area contributed by atoms with E-state index in [0.29, 0.717) is 5.75 Å². The van der Waals surface area contributed by atoms with Crippen molar-refractivity contribution < 1.29 is 39.3 Å². The number of carboxylic acid groups (broad SMARTS) is 2. The predicted octanol–water partition coefficient (Wildman–Crippen LogP) is -3.87. The first-order valence-electron chi connectivity index (χ1n) is 10.2. The molecule has 3 amide bonds. The highest BCUT2D eigenvalue weighted by molar-refractivity contribution is 7.98. The summed E-state index contributed by atoms with van der Waals surface area (Å²) in [5, 5.41) is 34.2.